The number of hydrogen-bond donors (Lipinski definition) is 3. The molecule has 18 heavy (non-hydrogen) atoms. The summed E-state index contributed by atoms with van der Waals surface area (Å²) in [6.07, 6.45) is 2.63. The van der Waals surface area contributed by atoms with Gasteiger partial charge in [-0.05, 0) is 31.0 Å². The maximum absolute atomic E-state index is 11.7. The van der Waals surface area contributed by atoms with Gasteiger partial charge in [-0.15, -0.1) is 0 Å². The van der Waals surface area contributed by atoms with Gasteiger partial charge in [-0.25, -0.2) is 0 Å². The Morgan fingerprint density at radius 3 is 2.89 bits per heavy atom. The molecule has 2 rings (SSSR count). The fraction of sp³-hybridized carbons (Fsp3) is 0.462. The lowest BCUT2D eigenvalue weighted by molar-refractivity contribution is -0.121. The van der Waals surface area contributed by atoms with Crippen LogP contribution < -0.4 is 16.4 Å². The second-order valence-corrected chi connectivity index (χ2v) is 5.55. The molecule has 1 atom stereocenters. The fourth-order valence-corrected chi connectivity index (χ4v) is 2.14. The van der Waals surface area contributed by atoms with Crippen LogP contribution in [-0.2, 0) is 4.79 Å². The third kappa shape index (κ3) is 4.31. The Bertz CT molecular complexity index is 420. The lowest BCUT2D eigenvalue weighted by atomic mass is 10.2. The molecule has 1 aliphatic carbocycles. The molecule has 0 saturated heterocycles. The third-order valence-electron chi connectivity index (χ3n) is 2.85. The van der Waals surface area contributed by atoms with Gasteiger partial charge >= 0.3 is 0 Å². The largest absolute Gasteiger partial charge is 0.380 e. The normalized spacial score (nSPS) is 16.1. The molecule has 0 aliphatic heterocycles. The van der Waals surface area contributed by atoms with E-state index in [1.165, 1.54) is 0 Å². The highest BCUT2D eigenvalue weighted by Gasteiger charge is 2.24. The number of carbonyl (C=O) groups excluding carboxylic acids is 1. The molecule has 4 N–H and O–H groups in total. The molecular weight excluding hydrogens is 294 g/mol. The molecule has 0 bridgehead atoms. The Labute approximate surface area is 115 Å². The Balaban J connectivity index is 1.85. The van der Waals surface area contributed by atoms with E-state index in [9.17, 15) is 4.79 Å². The van der Waals surface area contributed by atoms with Crippen molar-refractivity contribution in [3.05, 3.63) is 28.7 Å². The number of benzene rings is 1. The van der Waals surface area contributed by atoms with Crippen LogP contribution in [0.1, 0.15) is 19.3 Å². The Kier molecular flexibility index (Phi) is 4.60. The molecule has 4 nitrogen and oxygen atoms in total. The molecule has 0 heterocycles. The SMILES string of the molecule is NCC(CC(=O)NC1CC1)Nc1cccc(Br)c1. The van der Waals surface area contributed by atoms with Gasteiger partial charge in [0.05, 0.1) is 0 Å². The minimum atomic E-state index is -0.0296. The highest BCUT2D eigenvalue weighted by atomic mass is 79.9. The number of anilines is 1. The Morgan fingerprint density at radius 2 is 2.28 bits per heavy atom. The van der Waals surface area contributed by atoms with Gasteiger partial charge in [-0.2, -0.15) is 0 Å². The molecule has 1 amide bonds. The van der Waals surface area contributed by atoms with E-state index >= 15 is 0 Å². The first-order valence-corrected chi connectivity index (χ1v) is 6.98. The zero-order valence-electron chi connectivity index (χ0n) is 10.2. The standard InChI is InChI=1S/C13H18BrN3O/c14-9-2-1-3-11(6-9)16-12(8-15)7-13(18)17-10-4-5-10/h1-3,6,10,12,16H,4-5,7-8,15H2,(H,17,18). The maximum Gasteiger partial charge on any atom is 0.222 e. The van der Waals surface area contributed by atoms with Crippen molar-refractivity contribution < 1.29 is 4.79 Å². The van der Waals surface area contributed by atoms with Crippen molar-refractivity contribution in [3.8, 4) is 0 Å². The first-order valence-electron chi connectivity index (χ1n) is 6.19. The fourth-order valence-electron chi connectivity index (χ4n) is 1.75. The predicted molar refractivity (Wildman–Crippen MR) is 76.4 cm³/mol. The smallest absolute Gasteiger partial charge is 0.222 e. The predicted octanol–water partition coefficient (Wildman–Crippen LogP) is 1.86. The highest BCUT2D eigenvalue weighted by molar-refractivity contribution is 9.10. The molecule has 1 aromatic carbocycles. The monoisotopic (exact) mass is 311 g/mol. The van der Waals surface area contributed by atoms with E-state index in [1.54, 1.807) is 0 Å². The number of nitrogens with two attached hydrogens (primary N) is 1. The van der Waals surface area contributed by atoms with Crippen LogP contribution in [0.2, 0.25) is 0 Å². The Hall–Kier alpha value is -1.07. The Morgan fingerprint density at radius 1 is 1.50 bits per heavy atom. The van der Waals surface area contributed by atoms with Gasteiger partial charge in [0.25, 0.3) is 0 Å². The average Bonchev–Trinajstić information content (AvgIpc) is 3.12. The van der Waals surface area contributed by atoms with Crippen molar-refractivity contribution >= 4 is 27.5 Å². The number of halogens is 1. The van der Waals surface area contributed by atoms with Crippen LogP contribution in [0, 0.1) is 0 Å². The second kappa shape index (κ2) is 6.20. The molecule has 0 radical (unpaired) electrons. The number of hydrogen-bond acceptors (Lipinski definition) is 3. The van der Waals surface area contributed by atoms with Crippen LogP contribution in [0.5, 0.6) is 0 Å². The van der Waals surface area contributed by atoms with Crippen LogP contribution in [-0.4, -0.2) is 24.5 Å². The summed E-state index contributed by atoms with van der Waals surface area (Å²) in [5.74, 6) is 0.0791. The lowest BCUT2D eigenvalue weighted by Gasteiger charge is -2.18. The van der Waals surface area contributed by atoms with Gasteiger partial charge in [0.2, 0.25) is 5.91 Å². The van der Waals surface area contributed by atoms with Crippen LogP contribution in [0.4, 0.5) is 5.69 Å². The average molecular weight is 312 g/mol. The van der Waals surface area contributed by atoms with Gasteiger partial charge in [-0.3, -0.25) is 4.79 Å². The number of nitrogens with one attached hydrogen (secondary N) is 2. The molecule has 1 fully saturated rings. The van der Waals surface area contributed by atoms with E-state index in [4.69, 9.17) is 5.73 Å². The van der Waals surface area contributed by atoms with Crippen LogP contribution in [0.25, 0.3) is 0 Å². The molecule has 0 aromatic heterocycles. The zero-order valence-corrected chi connectivity index (χ0v) is 11.7. The minimum Gasteiger partial charge on any atom is -0.380 e. The molecule has 98 valence electrons. The van der Waals surface area contributed by atoms with Gasteiger partial charge in [-0.1, -0.05) is 22.0 Å². The summed E-state index contributed by atoms with van der Waals surface area (Å²) in [6.45, 7) is 0.435. The van der Waals surface area contributed by atoms with Crippen molar-refractivity contribution in [1.82, 2.24) is 5.32 Å². The van der Waals surface area contributed by atoms with E-state index in [1.807, 2.05) is 24.3 Å². The summed E-state index contributed by atoms with van der Waals surface area (Å²) in [5, 5.41) is 6.25. The summed E-state index contributed by atoms with van der Waals surface area (Å²) >= 11 is 3.42. The molecule has 1 aliphatic rings. The van der Waals surface area contributed by atoms with E-state index in [-0.39, 0.29) is 11.9 Å². The first-order chi connectivity index (χ1) is 8.67. The minimum absolute atomic E-state index is 0.0296. The van der Waals surface area contributed by atoms with Crippen LogP contribution in [0.15, 0.2) is 28.7 Å². The van der Waals surface area contributed by atoms with Crippen LogP contribution in [0.3, 0.4) is 0 Å². The first kappa shape index (κ1) is 13.4. The van der Waals surface area contributed by atoms with Crippen molar-refractivity contribution in [3.63, 3.8) is 0 Å². The van der Waals surface area contributed by atoms with Crippen LogP contribution >= 0.6 is 15.9 Å². The zero-order chi connectivity index (χ0) is 13.0. The lowest BCUT2D eigenvalue weighted by Crippen LogP contribution is -2.36. The number of amides is 1. The van der Waals surface area contributed by atoms with Gasteiger partial charge in [0, 0.05) is 35.2 Å². The summed E-state index contributed by atoms with van der Waals surface area (Å²) in [5.41, 5.74) is 6.67. The summed E-state index contributed by atoms with van der Waals surface area (Å²) in [6, 6.07) is 8.22. The summed E-state index contributed by atoms with van der Waals surface area (Å²) < 4.78 is 1.01. The van der Waals surface area contributed by atoms with Crippen molar-refractivity contribution in [2.45, 2.75) is 31.3 Å². The summed E-state index contributed by atoms with van der Waals surface area (Å²) in [7, 11) is 0. The van der Waals surface area contributed by atoms with Gasteiger partial charge in [0.1, 0.15) is 0 Å². The molecule has 1 saturated carbocycles. The van der Waals surface area contributed by atoms with Crippen molar-refractivity contribution in [2.75, 3.05) is 11.9 Å². The van der Waals surface area contributed by atoms with E-state index in [2.05, 4.69) is 26.6 Å². The third-order valence-corrected chi connectivity index (χ3v) is 3.35. The van der Waals surface area contributed by atoms with E-state index in [0.29, 0.717) is 19.0 Å². The maximum atomic E-state index is 11.7. The number of carbonyl (C=O) groups is 1. The molecule has 5 heteroatoms. The van der Waals surface area contributed by atoms with Crippen molar-refractivity contribution in [2.24, 2.45) is 5.73 Å². The second-order valence-electron chi connectivity index (χ2n) is 4.63. The topological polar surface area (TPSA) is 67.2 Å². The molecular formula is C13H18BrN3O. The number of rotatable bonds is 6. The molecule has 1 unspecified atom stereocenters. The van der Waals surface area contributed by atoms with E-state index in [0.717, 1.165) is 23.0 Å². The van der Waals surface area contributed by atoms with Gasteiger partial charge < -0.3 is 16.4 Å². The highest BCUT2D eigenvalue weighted by Crippen LogP contribution is 2.19. The summed E-state index contributed by atoms with van der Waals surface area (Å²) in [4.78, 5) is 11.7. The quantitative estimate of drug-likeness (QED) is 0.751. The van der Waals surface area contributed by atoms with E-state index < -0.39 is 0 Å². The molecule has 0 spiro atoms. The van der Waals surface area contributed by atoms with Crippen molar-refractivity contribution in [1.29, 1.82) is 0 Å². The molecule has 1 aromatic rings. The van der Waals surface area contributed by atoms with Gasteiger partial charge in [0.15, 0.2) is 0 Å².